The Morgan fingerprint density at radius 1 is 1.14 bits per heavy atom. The Morgan fingerprint density at radius 2 is 1.95 bits per heavy atom. The average Bonchev–Trinajstić information content (AvgIpc) is 2.55. The van der Waals surface area contributed by atoms with Crippen molar-refractivity contribution in [1.82, 2.24) is 4.57 Å². The summed E-state index contributed by atoms with van der Waals surface area (Å²) in [7, 11) is 0. The molecular weight excluding hydrogens is 276 g/mol. The Balaban J connectivity index is 2.47. The van der Waals surface area contributed by atoms with Crippen molar-refractivity contribution in [3.8, 4) is 17.0 Å². The van der Waals surface area contributed by atoms with Crippen molar-refractivity contribution in [2.24, 2.45) is 5.73 Å². The molecule has 0 saturated carbocycles. The van der Waals surface area contributed by atoms with E-state index in [0.29, 0.717) is 18.7 Å². The molecule has 1 aromatic heterocycles. The second kappa shape index (κ2) is 7.80. The van der Waals surface area contributed by atoms with Crippen LogP contribution in [-0.2, 0) is 13.1 Å². The third-order valence-corrected chi connectivity index (χ3v) is 3.52. The van der Waals surface area contributed by atoms with E-state index >= 15 is 0 Å². The number of pyridine rings is 1. The molecule has 0 saturated heterocycles. The van der Waals surface area contributed by atoms with E-state index in [2.05, 4.69) is 13.8 Å². The third-order valence-electron chi connectivity index (χ3n) is 3.52. The van der Waals surface area contributed by atoms with Crippen LogP contribution in [0, 0.1) is 0 Å². The summed E-state index contributed by atoms with van der Waals surface area (Å²) in [6, 6.07) is 11.7. The van der Waals surface area contributed by atoms with Crippen molar-refractivity contribution in [2.45, 2.75) is 39.8 Å². The molecule has 1 heterocycles. The van der Waals surface area contributed by atoms with Gasteiger partial charge in [0.1, 0.15) is 5.75 Å². The molecule has 2 rings (SSSR count). The first-order chi connectivity index (χ1) is 10.7. The van der Waals surface area contributed by atoms with Gasteiger partial charge in [0, 0.05) is 24.2 Å². The third kappa shape index (κ3) is 3.57. The van der Waals surface area contributed by atoms with Gasteiger partial charge in [0.05, 0.1) is 12.3 Å². The molecule has 22 heavy (non-hydrogen) atoms. The number of nitrogens with two attached hydrogens (primary N) is 1. The lowest BCUT2D eigenvalue weighted by molar-refractivity contribution is 0.317. The Morgan fingerprint density at radius 3 is 2.64 bits per heavy atom. The van der Waals surface area contributed by atoms with Gasteiger partial charge in [-0.3, -0.25) is 4.79 Å². The van der Waals surface area contributed by atoms with E-state index in [0.717, 1.165) is 29.8 Å². The first-order valence-corrected chi connectivity index (χ1v) is 7.87. The fourth-order valence-corrected chi connectivity index (χ4v) is 2.44. The summed E-state index contributed by atoms with van der Waals surface area (Å²) in [4.78, 5) is 12.5. The largest absolute Gasteiger partial charge is 0.494 e. The first kappa shape index (κ1) is 16.3. The van der Waals surface area contributed by atoms with Crippen LogP contribution in [0.1, 0.15) is 32.3 Å². The number of nitrogens with zero attached hydrogens (tertiary/aromatic N) is 1. The van der Waals surface area contributed by atoms with Gasteiger partial charge in [-0.2, -0.15) is 0 Å². The van der Waals surface area contributed by atoms with Gasteiger partial charge in [-0.05, 0) is 31.0 Å². The van der Waals surface area contributed by atoms with Crippen LogP contribution in [0.25, 0.3) is 11.3 Å². The van der Waals surface area contributed by atoms with Gasteiger partial charge in [-0.25, -0.2) is 0 Å². The summed E-state index contributed by atoms with van der Waals surface area (Å²) in [5.74, 6) is 0.831. The average molecular weight is 300 g/mol. The number of aromatic nitrogens is 1. The lowest BCUT2D eigenvalue weighted by atomic mass is 10.1. The molecule has 0 spiro atoms. The Bertz CT molecular complexity index is 677. The maximum atomic E-state index is 12.5. The molecular formula is C18H24N2O2. The fourth-order valence-electron chi connectivity index (χ4n) is 2.44. The van der Waals surface area contributed by atoms with Gasteiger partial charge < -0.3 is 15.0 Å². The first-order valence-electron chi connectivity index (χ1n) is 7.87. The van der Waals surface area contributed by atoms with Crippen molar-refractivity contribution in [1.29, 1.82) is 0 Å². The molecule has 1 aromatic carbocycles. The molecule has 0 aliphatic heterocycles. The van der Waals surface area contributed by atoms with Gasteiger partial charge in [0.25, 0.3) is 5.56 Å². The zero-order chi connectivity index (χ0) is 15.9. The number of hydrogen-bond acceptors (Lipinski definition) is 3. The minimum atomic E-state index is 0.00160. The molecule has 0 bridgehead atoms. The van der Waals surface area contributed by atoms with E-state index in [1.54, 1.807) is 4.57 Å². The van der Waals surface area contributed by atoms with Crippen molar-refractivity contribution in [3.63, 3.8) is 0 Å². The lowest BCUT2D eigenvalue weighted by Gasteiger charge is -2.15. The van der Waals surface area contributed by atoms with Gasteiger partial charge in [-0.1, -0.05) is 32.0 Å². The summed E-state index contributed by atoms with van der Waals surface area (Å²) >= 11 is 0. The van der Waals surface area contributed by atoms with Crippen molar-refractivity contribution >= 4 is 0 Å². The van der Waals surface area contributed by atoms with Crippen molar-refractivity contribution < 1.29 is 4.74 Å². The lowest BCUT2D eigenvalue weighted by Crippen LogP contribution is -2.26. The molecule has 0 radical (unpaired) electrons. The van der Waals surface area contributed by atoms with Crippen LogP contribution in [0.5, 0.6) is 5.75 Å². The topological polar surface area (TPSA) is 57.2 Å². The Labute approximate surface area is 131 Å². The highest BCUT2D eigenvalue weighted by atomic mass is 16.5. The van der Waals surface area contributed by atoms with E-state index in [9.17, 15) is 4.79 Å². The van der Waals surface area contributed by atoms with Crippen LogP contribution in [-0.4, -0.2) is 11.2 Å². The van der Waals surface area contributed by atoms with E-state index in [-0.39, 0.29) is 12.1 Å². The van der Waals surface area contributed by atoms with Crippen molar-refractivity contribution in [3.05, 3.63) is 52.3 Å². The standard InChI is InChI=1S/C18H24N2O2/c1-3-10-20-17(9-8-15(13-19)18(20)21)14-6-5-7-16(12-14)22-11-4-2/h5-9,12H,3-4,10-11,13,19H2,1-2H3. The van der Waals surface area contributed by atoms with E-state index in [1.807, 2.05) is 36.4 Å². The molecule has 0 amide bonds. The molecule has 4 nitrogen and oxygen atoms in total. The maximum Gasteiger partial charge on any atom is 0.255 e. The highest BCUT2D eigenvalue weighted by Crippen LogP contribution is 2.23. The number of rotatable bonds is 7. The smallest absolute Gasteiger partial charge is 0.255 e. The van der Waals surface area contributed by atoms with Crippen molar-refractivity contribution in [2.75, 3.05) is 6.61 Å². The van der Waals surface area contributed by atoms with E-state index in [1.165, 1.54) is 0 Å². The highest BCUT2D eigenvalue weighted by Gasteiger charge is 2.10. The van der Waals surface area contributed by atoms with Crippen LogP contribution in [0.3, 0.4) is 0 Å². The van der Waals surface area contributed by atoms with E-state index in [4.69, 9.17) is 10.5 Å². The van der Waals surface area contributed by atoms with Gasteiger partial charge in [0.15, 0.2) is 0 Å². The number of hydrogen-bond donors (Lipinski definition) is 1. The fraction of sp³-hybridized carbons (Fsp3) is 0.389. The molecule has 0 aliphatic carbocycles. The predicted molar refractivity (Wildman–Crippen MR) is 90.1 cm³/mol. The minimum absolute atomic E-state index is 0.00160. The zero-order valence-corrected chi connectivity index (χ0v) is 13.3. The van der Waals surface area contributed by atoms with Gasteiger partial charge in [0.2, 0.25) is 0 Å². The molecule has 0 atom stereocenters. The molecule has 118 valence electrons. The quantitative estimate of drug-likeness (QED) is 0.854. The summed E-state index contributed by atoms with van der Waals surface area (Å²) in [5, 5.41) is 0. The SMILES string of the molecule is CCCOc1cccc(-c2ccc(CN)c(=O)n2CCC)c1. The van der Waals surface area contributed by atoms with Crippen LogP contribution in [0.15, 0.2) is 41.2 Å². The Kier molecular flexibility index (Phi) is 5.78. The maximum absolute atomic E-state index is 12.5. The molecule has 2 aromatic rings. The summed E-state index contributed by atoms with van der Waals surface area (Å²) in [6.07, 6.45) is 1.86. The summed E-state index contributed by atoms with van der Waals surface area (Å²) in [6.45, 7) is 5.78. The monoisotopic (exact) mass is 300 g/mol. The minimum Gasteiger partial charge on any atom is -0.494 e. The summed E-state index contributed by atoms with van der Waals surface area (Å²) in [5.41, 5.74) is 8.20. The second-order valence-corrected chi connectivity index (χ2v) is 5.28. The highest BCUT2D eigenvalue weighted by molar-refractivity contribution is 5.62. The van der Waals surface area contributed by atoms with Gasteiger partial charge >= 0.3 is 0 Å². The normalized spacial score (nSPS) is 10.7. The second-order valence-electron chi connectivity index (χ2n) is 5.28. The molecule has 0 aliphatic rings. The Hall–Kier alpha value is -2.07. The molecule has 4 heteroatoms. The zero-order valence-electron chi connectivity index (χ0n) is 13.3. The van der Waals surface area contributed by atoms with Gasteiger partial charge in [-0.15, -0.1) is 0 Å². The van der Waals surface area contributed by atoms with E-state index < -0.39 is 0 Å². The van der Waals surface area contributed by atoms with Crippen LogP contribution < -0.4 is 16.0 Å². The van der Waals surface area contributed by atoms with Crippen LogP contribution >= 0.6 is 0 Å². The van der Waals surface area contributed by atoms with Crippen LogP contribution in [0.4, 0.5) is 0 Å². The number of ether oxygens (including phenoxy) is 1. The molecule has 2 N–H and O–H groups in total. The summed E-state index contributed by atoms with van der Waals surface area (Å²) < 4.78 is 7.49. The predicted octanol–water partition coefficient (Wildman–Crippen LogP) is 3.17. The molecule has 0 fully saturated rings. The number of benzene rings is 1. The molecule has 0 unspecified atom stereocenters. The van der Waals surface area contributed by atoms with Crippen LogP contribution in [0.2, 0.25) is 0 Å².